The lowest BCUT2D eigenvalue weighted by Gasteiger charge is -2.09. The highest BCUT2D eigenvalue weighted by Crippen LogP contribution is 2.18. The Labute approximate surface area is 96.0 Å². The molecule has 0 spiro atoms. The smallest absolute Gasteiger partial charge is 0.315 e. The normalized spacial score (nSPS) is 9.69. The van der Waals surface area contributed by atoms with E-state index in [9.17, 15) is 4.79 Å². The number of benzene rings is 1. The summed E-state index contributed by atoms with van der Waals surface area (Å²) in [5.74, 6) is 0.863. The molecule has 0 radical (unpaired) electrons. The van der Waals surface area contributed by atoms with Crippen molar-refractivity contribution in [3.05, 3.63) is 29.3 Å². The summed E-state index contributed by atoms with van der Waals surface area (Å²) in [6.07, 6.45) is 0. The third-order valence-corrected chi connectivity index (χ3v) is 2.25. The Morgan fingerprint density at radius 2 is 2.12 bits per heavy atom. The lowest BCUT2D eigenvalue weighted by molar-refractivity contribution is 0.241. The molecule has 0 aliphatic carbocycles. The van der Waals surface area contributed by atoms with Crippen LogP contribution in [0.2, 0.25) is 0 Å². The van der Waals surface area contributed by atoms with E-state index in [1.54, 1.807) is 7.11 Å². The van der Waals surface area contributed by atoms with Crippen molar-refractivity contribution in [2.45, 2.75) is 20.4 Å². The zero-order valence-electron chi connectivity index (χ0n) is 9.96. The molecule has 4 heteroatoms. The monoisotopic (exact) mass is 222 g/mol. The Morgan fingerprint density at radius 1 is 1.38 bits per heavy atom. The highest BCUT2D eigenvalue weighted by molar-refractivity contribution is 5.73. The highest BCUT2D eigenvalue weighted by atomic mass is 16.5. The minimum atomic E-state index is -0.143. The zero-order chi connectivity index (χ0) is 12.0. The summed E-state index contributed by atoms with van der Waals surface area (Å²) >= 11 is 0. The number of methoxy groups -OCH3 is 1. The molecule has 16 heavy (non-hydrogen) atoms. The highest BCUT2D eigenvalue weighted by Gasteiger charge is 2.01. The van der Waals surface area contributed by atoms with Crippen LogP contribution < -0.4 is 15.4 Å². The van der Waals surface area contributed by atoms with Gasteiger partial charge in [-0.1, -0.05) is 12.1 Å². The molecule has 0 aliphatic rings. The van der Waals surface area contributed by atoms with Crippen LogP contribution in [0, 0.1) is 6.92 Å². The average molecular weight is 222 g/mol. The third kappa shape index (κ3) is 3.46. The first-order valence-electron chi connectivity index (χ1n) is 5.32. The molecular weight excluding hydrogens is 204 g/mol. The molecule has 0 bridgehead atoms. The van der Waals surface area contributed by atoms with E-state index < -0.39 is 0 Å². The fourth-order valence-electron chi connectivity index (χ4n) is 1.46. The van der Waals surface area contributed by atoms with Gasteiger partial charge in [-0.2, -0.15) is 0 Å². The number of nitrogens with one attached hydrogen (secondary N) is 2. The number of rotatable bonds is 4. The van der Waals surface area contributed by atoms with Crippen molar-refractivity contribution in [1.29, 1.82) is 0 Å². The maximum atomic E-state index is 11.2. The maximum Gasteiger partial charge on any atom is 0.315 e. The van der Waals surface area contributed by atoms with Crippen LogP contribution in [0.4, 0.5) is 4.79 Å². The largest absolute Gasteiger partial charge is 0.496 e. The van der Waals surface area contributed by atoms with Gasteiger partial charge in [0, 0.05) is 13.1 Å². The van der Waals surface area contributed by atoms with Gasteiger partial charge in [0.1, 0.15) is 5.75 Å². The maximum absolute atomic E-state index is 11.2. The summed E-state index contributed by atoms with van der Waals surface area (Å²) in [4.78, 5) is 11.2. The summed E-state index contributed by atoms with van der Waals surface area (Å²) in [6, 6.07) is 5.71. The molecule has 0 saturated carbocycles. The lowest BCUT2D eigenvalue weighted by Crippen LogP contribution is -2.34. The van der Waals surface area contributed by atoms with Gasteiger partial charge >= 0.3 is 6.03 Å². The second-order valence-electron chi connectivity index (χ2n) is 3.52. The molecule has 0 unspecified atom stereocenters. The molecule has 0 fully saturated rings. The average Bonchev–Trinajstić information content (AvgIpc) is 2.27. The Bertz CT molecular complexity index is 364. The van der Waals surface area contributed by atoms with E-state index in [1.165, 1.54) is 0 Å². The Morgan fingerprint density at radius 3 is 2.69 bits per heavy atom. The minimum Gasteiger partial charge on any atom is -0.496 e. The number of hydrogen-bond donors (Lipinski definition) is 2. The van der Waals surface area contributed by atoms with Gasteiger partial charge in [0.25, 0.3) is 0 Å². The lowest BCUT2D eigenvalue weighted by atomic mass is 10.1. The summed E-state index contributed by atoms with van der Waals surface area (Å²) in [7, 11) is 1.65. The Kier molecular flexibility index (Phi) is 4.64. The van der Waals surface area contributed by atoms with E-state index in [-0.39, 0.29) is 6.03 Å². The van der Waals surface area contributed by atoms with Crippen molar-refractivity contribution in [2.75, 3.05) is 13.7 Å². The zero-order valence-corrected chi connectivity index (χ0v) is 9.96. The molecule has 0 saturated heterocycles. The van der Waals surface area contributed by atoms with Gasteiger partial charge in [0.2, 0.25) is 0 Å². The second kappa shape index (κ2) is 6.00. The number of ether oxygens (including phenoxy) is 1. The summed E-state index contributed by atoms with van der Waals surface area (Å²) in [6.45, 7) is 5.02. The van der Waals surface area contributed by atoms with Crippen LogP contribution in [-0.4, -0.2) is 19.7 Å². The van der Waals surface area contributed by atoms with Crippen molar-refractivity contribution in [3.8, 4) is 5.75 Å². The molecule has 2 N–H and O–H groups in total. The first kappa shape index (κ1) is 12.4. The van der Waals surface area contributed by atoms with Gasteiger partial charge in [-0.25, -0.2) is 4.79 Å². The van der Waals surface area contributed by atoms with Crippen molar-refractivity contribution in [2.24, 2.45) is 0 Å². The number of urea groups is 1. The second-order valence-corrected chi connectivity index (χ2v) is 3.52. The molecule has 0 aliphatic heterocycles. The molecule has 0 heterocycles. The molecule has 1 rings (SSSR count). The summed E-state index contributed by atoms with van der Waals surface area (Å²) < 4.78 is 5.16. The fourth-order valence-corrected chi connectivity index (χ4v) is 1.46. The first-order valence-corrected chi connectivity index (χ1v) is 5.32. The van der Waals surface area contributed by atoms with Gasteiger partial charge in [0.15, 0.2) is 0 Å². The van der Waals surface area contributed by atoms with Crippen molar-refractivity contribution in [3.63, 3.8) is 0 Å². The van der Waals surface area contributed by atoms with Crippen molar-refractivity contribution in [1.82, 2.24) is 10.6 Å². The predicted molar refractivity (Wildman–Crippen MR) is 63.6 cm³/mol. The molecule has 4 nitrogen and oxygen atoms in total. The Balaban J connectivity index is 2.55. The van der Waals surface area contributed by atoms with Gasteiger partial charge in [-0.15, -0.1) is 0 Å². The van der Waals surface area contributed by atoms with Gasteiger partial charge in [-0.05, 0) is 31.0 Å². The van der Waals surface area contributed by atoms with E-state index >= 15 is 0 Å². The number of carbonyl (C=O) groups excluding carboxylic acids is 1. The van der Waals surface area contributed by atoms with E-state index in [1.807, 2.05) is 32.0 Å². The van der Waals surface area contributed by atoms with Crippen molar-refractivity contribution >= 4 is 6.03 Å². The molecular formula is C12H18N2O2. The predicted octanol–water partition coefficient (Wildman–Crippen LogP) is 1.82. The van der Waals surface area contributed by atoms with Crippen LogP contribution in [0.3, 0.4) is 0 Å². The van der Waals surface area contributed by atoms with Crippen LogP contribution in [0.1, 0.15) is 18.1 Å². The van der Waals surface area contributed by atoms with Crippen LogP contribution in [0.15, 0.2) is 18.2 Å². The fraction of sp³-hybridized carbons (Fsp3) is 0.417. The first-order chi connectivity index (χ1) is 7.67. The van der Waals surface area contributed by atoms with Gasteiger partial charge in [0.05, 0.1) is 7.11 Å². The Hall–Kier alpha value is -1.71. The quantitative estimate of drug-likeness (QED) is 0.816. The van der Waals surface area contributed by atoms with Crippen LogP contribution in [0.25, 0.3) is 0 Å². The summed E-state index contributed by atoms with van der Waals surface area (Å²) in [5.41, 5.74) is 2.13. The molecule has 0 atom stereocenters. The van der Waals surface area contributed by atoms with Gasteiger partial charge < -0.3 is 15.4 Å². The molecule has 1 aromatic rings. The number of hydrogen-bond acceptors (Lipinski definition) is 2. The van der Waals surface area contributed by atoms with E-state index in [4.69, 9.17) is 4.74 Å². The van der Waals surface area contributed by atoms with E-state index in [0.29, 0.717) is 13.1 Å². The van der Waals surface area contributed by atoms with Crippen molar-refractivity contribution < 1.29 is 9.53 Å². The van der Waals surface area contributed by atoms with Crippen LogP contribution in [-0.2, 0) is 6.54 Å². The molecule has 0 aromatic heterocycles. The topological polar surface area (TPSA) is 50.4 Å². The van der Waals surface area contributed by atoms with Crippen LogP contribution >= 0.6 is 0 Å². The minimum absolute atomic E-state index is 0.143. The van der Waals surface area contributed by atoms with Gasteiger partial charge in [-0.3, -0.25) is 0 Å². The van der Waals surface area contributed by atoms with Crippen LogP contribution in [0.5, 0.6) is 5.75 Å². The van der Waals surface area contributed by atoms with E-state index in [2.05, 4.69) is 10.6 Å². The molecule has 1 aromatic carbocycles. The summed E-state index contributed by atoms with van der Waals surface area (Å²) in [5, 5.41) is 5.45. The number of aryl methyl sites for hydroxylation is 1. The SMILES string of the molecule is CCNC(=O)NCc1ccc(OC)c(C)c1. The molecule has 2 amide bonds. The molecule has 88 valence electrons. The van der Waals surface area contributed by atoms with E-state index in [0.717, 1.165) is 16.9 Å². The standard InChI is InChI=1S/C12H18N2O2/c1-4-13-12(15)14-8-10-5-6-11(16-3)9(2)7-10/h5-7H,4,8H2,1-3H3,(H2,13,14,15). The third-order valence-electron chi connectivity index (χ3n) is 2.25. The number of amides is 2. The number of carbonyl (C=O) groups is 1.